The summed E-state index contributed by atoms with van der Waals surface area (Å²) < 4.78 is 4.85. The number of aliphatic hydroxyl groups is 1. The number of rotatable bonds is 8. The molecule has 0 fully saturated rings. The van der Waals surface area contributed by atoms with Gasteiger partial charge in [0, 0.05) is 19.6 Å². The molecule has 0 spiro atoms. The van der Waals surface area contributed by atoms with Gasteiger partial charge in [0.2, 0.25) is 0 Å². The Balaban J connectivity index is 2.16. The number of methoxy groups -OCH3 is 1. The third-order valence-corrected chi connectivity index (χ3v) is 4.04. The maximum Gasteiger partial charge on any atom is 0.312 e. The predicted molar refractivity (Wildman–Crippen MR) is 94.2 cm³/mol. The first-order valence-electron chi connectivity index (χ1n) is 8.16. The summed E-state index contributed by atoms with van der Waals surface area (Å²) in [5.41, 5.74) is 2.34. The van der Waals surface area contributed by atoms with E-state index >= 15 is 0 Å². The Kier molecular flexibility index (Phi) is 6.97. The van der Waals surface area contributed by atoms with Gasteiger partial charge < -0.3 is 9.84 Å². The lowest BCUT2D eigenvalue weighted by molar-refractivity contribution is -0.150. The average molecular weight is 327 g/mol. The summed E-state index contributed by atoms with van der Waals surface area (Å²) in [7, 11) is 1.36. The van der Waals surface area contributed by atoms with Crippen LogP contribution >= 0.6 is 0 Å². The fraction of sp³-hybridized carbons (Fsp3) is 0.350. The van der Waals surface area contributed by atoms with E-state index in [1.54, 1.807) is 6.92 Å². The van der Waals surface area contributed by atoms with Gasteiger partial charge in [0.25, 0.3) is 0 Å². The molecule has 0 bridgehead atoms. The van der Waals surface area contributed by atoms with Crippen molar-refractivity contribution in [3.8, 4) is 0 Å². The van der Waals surface area contributed by atoms with Crippen molar-refractivity contribution in [1.29, 1.82) is 0 Å². The van der Waals surface area contributed by atoms with Crippen molar-refractivity contribution in [2.24, 2.45) is 5.92 Å². The van der Waals surface area contributed by atoms with Gasteiger partial charge in [-0.2, -0.15) is 0 Å². The first-order chi connectivity index (χ1) is 11.6. The van der Waals surface area contributed by atoms with Gasteiger partial charge in [-0.15, -0.1) is 0 Å². The Hall–Kier alpha value is -2.17. The number of nitrogens with zero attached hydrogens (tertiary/aromatic N) is 1. The number of ether oxygens (including phenoxy) is 1. The number of carbonyl (C=O) groups is 1. The lowest BCUT2D eigenvalue weighted by Gasteiger charge is -2.28. The van der Waals surface area contributed by atoms with Gasteiger partial charge >= 0.3 is 5.97 Å². The number of hydrogen-bond donors (Lipinski definition) is 1. The molecule has 2 atom stereocenters. The Labute approximate surface area is 143 Å². The summed E-state index contributed by atoms with van der Waals surface area (Å²) in [4.78, 5) is 14.2. The van der Waals surface area contributed by atoms with Gasteiger partial charge in [0.15, 0.2) is 0 Å². The highest BCUT2D eigenvalue weighted by Crippen LogP contribution is 2.15. The van der Waals surface area contributed by atoms with E-state index in [1.807, 2.05) is 36.4 Å². The van der Waals surface area contributed by atoms with E-state index in [-0.39, 0.29) is 5.97 Å². The van der Waals surface area contributed by atoms with E-state index in [9.17, 15) is 9.90 Å². The maximum atomic E-state index is 12.0. The lowest BCUT2D eigenvalue weighted by Crippen LogP contribution is -2.38. The largest absolute Gasteiger partial charge is 0.469 e. The van der Waals surface area contributed by atoms with Crippen LogP contribution in [0.15, 0.2) is 60.7 Å². The van der Waals surface area contributed by atoms with Crippen LogP contribution in [0.25, 0.3) is 0 Å². The van der Waals surface area contributed by atoms with Crippen molar-refractivity contribution in [2.75, 3.05) is 13.7 Å². The van der Waals surface area contributed by atoms with Gasteiger partial charge in [-0.25, -0.2) is 0 Å². The summed E-state index contributed by atoms with van der Waals surface area (Å²) in [6, 6.07) is 20.2. The molecule has 24 heavy (non-hydrogen) atoms. The minimum Gasteiger partial charge on any atom is -0.469 e. The molecule has 0 aliphatic heterocycles. The monoisotopic (exact) mass is 327 g/mol. The third kappa shape index (κ3) is 5.48. The van der Waals surface area contributed by atoms with Gasteiger partial charge in [-0.05, 0) is 18.1 Å². The normalized spacial score (nSPS) is 13.5. The number of carbonyl (C=O) groups excluding carboxylic acids is 1. The summed E-state index contributed by atoms with van der Waals surface area (Å²) >= 11 is 0. The van der Waals surface area contributed by atoms with Crippen molar-refractivity contribution in [3.05, 3.63) is 71.8 Å². The minimum atomic E-state index is -0.758. The van der Waals surface area contributed by atoms with E-state index in [1.165, 1.54) is 18.2 Å². The van der Waals surface area contributed by atoms with E-state index in [4.69, 9.17) is 4.74 Å². The van der Waals surface area contributed by atoms with Crippen LogP contribution in [0.5, 0.6) is 0 Å². The lowest BCUT2D eigenvalue weighted by atomic mass is 10.0. The molecule has 4 nitrogen and oxygen atoms in total. The molecular weight excluding hydrogens is 302 g/mol. The molecule has 4 heteroatoms. The van der Waals surface area contributed by atoms with Crippen molar-refractivity contribution in [2.45, 2.75) is 26.1 Å². The second kappa shape index (κ2) is 9.21. The van der Waals surface area contributed by atoms with Crippen LogP contribution in [0.2, 0.25) is 0 Å². The highest BCUT2D eigenvalue weighted by atomic mass is 16.5. The zero-order valence-corrected chi connectivity index (χ0v) is 14.3. The predicted octanol–water partition coefficient (Wildman–Crippen LogP) is 2.86. The highest BCUT2D eigenvalue weighted by molar-refractivity contribution is 5.73. The zero-order valence-electron chi connectivity index (χ0n) is 14.3. The molecule has 2 aromatic rings. The first kappa shape index (κ1) is 18.2. The quantitative estimate of drug-likeness (QED) is 0.758. The molecule has 128 valence electrons. The maximum absolute atomic E-state index is 12.0. The standard InChI is InChI=1S/C20H25NO3/c1-16(22)19(20(23)24-2)15-21(13-17-9-5-3-6-10-17)14-18-11-7-4-8-12-18/h3-12,16,19,22H,13-15H2,1-2H3/t16-,19+/m1/s1. The second-order valence-electron chi connectivity index (χ2n) is 6.01. The summed E-state index contributed by atoms with van der Waals surface area (Å²) in [6.45, 7) is 3.48. The summed E-state index contributed by atoms with van der Waals surface area (Å²) in [5.74, 6) is -0.946. The van der Waals surface area contributed by atoms with Gasteiger partial charge in [0.1, 0.15) is 0 Å². The molecule has 0 unspecified atom stereocenters. The van der Waals surface area contributed by atoms with Crippen LogP contribution in [0.1, 0.15) is 18.1 Å². The van der Waals surface area contributed by atoms with Crippen molar-refractivity contribution in [3.63, 3.8) is 0 Å². The van der Waals surface area contributed by atoms with Crippen molar-refractivity contribution >= 4 is 5.97 Å². The number of aliphatic hydroxyl groups excluding tert-OH is 1. The molecule has 0 saturated heterocycles. The Morgan fingerprint density at radius 2 is 1.46 bits per heavy atom. The molecule has 0 saturated carbocycles. The topological polar surface area (TPSA) is 49.8 Å². The van der Waals surface area contributed by atoms with Gasteiger partial charge in [0.05, 0.1) is 19.1 Å². The Morgan fingerprint density at radius 1 is 1.00 bits per heavy atom. The van der Waals surface area contributed by atoms with Crippen molar-refractivity contribution in [1.82, 2.24) is 4.90 Å². The van der Waals surface area contributed by atoms with Crippen LogP contribution < -0.4 is 0 Å². The second-order valence-corrected chi connectivity index (χ2v) is 6.01. The highest BCUT2D eigenvalue weighted by Gasteiger charge is 2.27. The molecule has 0 heterocycles. The number of hydrogen-bond acceptors (Lipinski definition) is 4. The SMILES string of the molecule is COC(=O)[C@@H](CN(Cc1ccccc1)Cc1ccccc1)[C@@H](C)O. The van der Waals surface area contributed by atoms with Crippen LogP contribution in [0.4, 0.5) is 0 Å². The molecule has 2 rings (SSSR count). The molecule has 2 aromatic carbocycles. The molecule has 0 radical (unpaired) electrons. The van der Waals surface area contributed by atoms with Crippen LogP contribution in [0.3, 0.4) is 0 Å². The smallest absolute Gasteiger partial charge is 0.312 e. The number of esters is 1. The zero-order chi connectivity index (χ0) is 17.4. The first-order valence-corrected chi connectivity index (χ1v) is 8.16. The fourth-order valence-corrected chi connectivity index (χ4v) is 2.72. The van der Waals surface area contributed by atoms with Crippen LogP contribution in [-0.2, 0) is 22.6 Å². The summed E-state index contributed by atoms with van der Waals surface area (Å²) in [5, 5.41) is 9.97. The Morgan fingerprint density at radius 3 is 1.83 bits per heavy atom. The average Bonchev–Trinajstić information content (AvgIpc) is 2.60. The molecule has 1 N–H and O–H groups in total. The Bertz CT molecular complexity index is 572. The minimum absolute atomic E-state index is 0.379. The summed E-state index contributed by atoms with van der Waals surface area (Å²) in [6.07, 6.45) is -0.758. The molecule has 0 aromatic heterocycles. The van der Waals surface area contributed by atoms with E-state index in [2.05, 4.69) is 29.2 Å². The van der Waals surface area contributed by atoms with E-state index in [0.29, 0.717) is 19.6 Å². The van der Waals surface area contributed by atoms with Gasteiger partial charge in [-0.3, -0.25) is 9.69 Å². The van der Waals surface area contributed by atoms with Crippen molar-refractivity contribution < 1.29 is 14.6 Å². The molecule has 0 aliphatic rings. The van der Waals surface area contributed by atoms with E-state index < -0.39 is 12.0 Å². The molecule has 0 aliphatic carbocycles. The number of benzene rings is 2. The van der Waals surface area contributed by atoms with E-state index in [0.717, 1.165) is 0 Å². The molecular formula is C20H25NO3. The fourth-order valence-electron chi connectivity index (χ4n) is 2.72. The third-order valence-electron chi connectivity index (χ3n) is 4.04. The van der Waals surface area contributed by atoms with Crippen LogP contribution in [-0.4, -0.2) is 35.7 Å². The van der Waals surface area contributed by atoms with Gasteiger partial charge in [-0.1, -0.05) is 60.7 Å². The molecule has 0 amide bonds. The van der Waals surface area contributed by atoms with Crippen LogP contribution in [0, 0.1) is 5.92 Å².